The second-order valence-corrected chi connectivity index (χ2v) is 5.85. The molecule has 0 radical (unpaired) electrons. The Morgan fingerprint density at radius 2 is 2.16 bits per heavy atom. The van der Waals surface area contributed by atoms with Gasteiger partial charge in [0, 0.05) is 18.8 Å². The van der Waals surface area contributed by atoms with Gasteiger partial charge in [0.25, 0.3) is 5.91 Å². The molecular formula is C15H16N2OS. The van der Waals surface area contributed by atoms with E-state index in [1.165, 1.54) is 22.5 Å². The molecule has 2 heterocycles. The Balaban J connectivity index is 1.86. The molecule has 19 heavy (non-hydrogen) atoms. The number of benzene rings is 1. The van der Waals surface area contributed by atoms with Gasteiger partial charge in [0.15, 0.2) is 0 Å². The summed E-state index contributed by atoms with van der Waals surface area (Å²) in [5, 5.41) is 1.97. The Morgan fingerprint density at radius 1 is 1.32 bits per heavy atom. The van der Waals surface area contributed by atoms with Gasteiger partial charge in [-0.1, -0.05) is 6.07 Å². The highest BCUT2D eigenvalue weighted by molar-refractivity contribution is 7.12. The maximum atomic E-state index is 12.5. The lowest BCUT2D eigenvalue weighted by molar-refractivity contribution is 0.0739. The van der Waals surface area contributed by atoms with Crippen LogP contribution in [0.25, 0.3) is 0 Å². The molecule has 4 heteroatoms. The standard InChI is InChI=1S/C15H16N2OS/c1-10-5-7-19-14(10)15(18)17-6-4-11-2-3-13(16)8-12(11)9-17/h2-3,5,7-8H,4,6,9,16H2,1H3. The molecule has 1 aromatic heterocycles. The van der Waals surface area contributed by atoms with E-state index in [0.29, 0.717) is 6.54 Å². The van der Waals surface area contributed by atoms with Crippen LogP contribution in [0, 0.1) is 6.92 Å². The highest BCUT2D eigenvalue weighted by Crippen LogP contribution is 2.25. The summed E-state index contributed by atoms with van der Waals surface area (Å²) < 4.78 is 0. The second kappa shape index (κ2) is 4.70. The third-order valence-corrected chi connectivity index (χ3v) is 4.59. The van der Waals surface area contributed by atoms with E-state index in [0.717, 1.165) is 29.1 Å². The van der Waals surface area contributed by atoms with E-state index in [9.17, 15) is 4.79 Å². The van der Waals surface area contributed by atoms with Gasteiger partial charge in [-0.3, -0.25) is 4.79 Å². The third-order valence-electron chi connectivity index (χ3n) is 3.59. The van der Waals surface area contributed by atoms with Crippen molar-refractivity contribution in [1.82, 2.24) is 4.90 Å². The lowest BCUT2D eigenvalue weighted by atomic mass is 9.99. The van der Waals surface area contributed by atoms with Crippen LogP contribution in [-0.2, 0) is 13.0 Å². The Labute approximate surface area is 116 Å². The molecule has 2 aromatic rings. The first-order valence-electron chi connectivity index (χ1n) is 6.36. The quantitative estimate of drug-likeness (QED) is 0.811. The summed E-state index contributed by atoms with van der Waals surface area (Å²) >= 11 is 1.52. The van der Waals surface area contributed by atoms with Gasteiger partial charge >= 0.3 is 0 Å². The summed E-state index contributed by atoms with van der Waals surface area (Å²) in [6, 6.07) is 7.98. The summed E-state index contributed by atoms with van der Waals surface area (Å²) in [5.74, 6) is 0.139. The maximum Gasteiger partial charge on any atom is 0.264 e. The number of anilines is 1. The van der Waals surface area contributed by atoms with Gasteiger partial charge in [0.05, 0.1) is 4.88 Å². The molecule has 0 unspecified atom stereocenters. The number of nitrogens with zero attached hydrogens (tertiary/aromatic N) is 1. The van der Waals surface area contributed by atoms with E-state index in [1.807, 2.05) is 35.4 Å². The monoisotopic (exact) mass is 272 g/mol. The van der Waals surface area contributed by atoms with E-state index in [-0.39, 0.29) is 5.91 Å². The van der Waals surface area contributed by atoms with Gasteiger partial charge in [0.1, 0.15) is 0 Å². The van der Waals surface area contributed by atoms with Crippen molar-refractivity contribution in [1.29, 1.82) is 0 Å². The summed E-state index contributed by atoms with van der Waals surface area (Å²) in [6.45, 7) is 3.43. The van der Waals surface area contributed by atoms with E-state index >= 15 is 0 Å². The number of carbonyl (C=O) groups excluding carboxylic acids is 1. The number of rotatable bonds is 1. The average molecular weight is 272 g/mol. The number of nitrogens with two attached hydrogens (primary N) is 1. The average Bonchev–Trinajstić information content (AvgIpc) is 2.83. The van der Waals surface area contributed by atoms with Crippen LogP contribution in [0.5, 0.6) is 0 Å². The van der Waals surface area contributed by atoms with Crippen LogP contribution in [0.15, 0.2) is 29.6 Å². The molecular weight excluding hydrogens is 256 g/mol. The van der Waals surface area contributed by atoms with E-state index in [4.69, 9.17) is 5.73 Å². The zero-order valence-electron chi connectivity index (χ0n) is 10.8. The number of thiophene rings is 1. The zero-order chi connectivity index (χ0) is 13.4. The van der Waals surface area contributed by atoms with Crippen LogP contribution < -0.4 is 5.73 Å². The molecule has 0 saturated carbocycles. The van der Waals surface area contributed by atoms with Crippen molar-refractivity contribution < 1.29 is 4.79 Å². The molecule has 1 aliphatic heterocycles. The number of nitrogen functional groups attached to an aromatic ring is 1. The lowest BCUT2D eigenvalue weighted by Crippen LogP contribution is -2.35. The largest absolute Gasteiger partial charge is 0.399 e. The minimum absolute atomic E-state index is 0.139. The number of aryl methyl sites for hydroxylation is 1. The molecule has 0 aliphatic carbocycles. The number of fused-ring (bicyclic) bond motifs is 1. The fourth-order valence-corrected chi connectivity index (χ4v) is 3.38. The van der Waals surface area contributed by atoms with Gasteiger partial charge in [-0.25, -0.2) is 0 Å². The highest BCUT2D eigenvalue weighted by atomic mass is 32.1. The summed E-state index contributed by atoms with van der Waals surface area (Å²) in [6.07, 6.45) is 0.909. The Bertz CT molecular complexity index is 633. The van der Waals surface area contributed by atoms with Crippen molar-refractivity contribution in [2.75, 3.05) is 12.3 Å². The van der Waals surface area contributed by atoms with Gasteiger partial charge < -0.3 is 10.6 Å². The molecule has 0 fully saturated rings. The number of hydrogen-bond donors (Lipinski definition) is 1. The lowest BCUT2D eigenvalue weighted by Gasteiger charge is -2.29. The SMILES string of the molecule is Cc1ccsc1C(=O)N1CCc2ccc(N)cc2C1. The van der Waals surface area contributed by atoms with Crippen LogP contribution in [0.1, 0.15) is 26.4 Å². The highest BCUT2D eigenvalue weighted by Gasteiger charge is 2.23. The normalized spacial score (nSPS) is 14.3. The smallest absolute Gasteiger partial charge is 0.264 e. The molecule has 2 N–H and O–H groups in total. The summed E-state index contributed by atoms with van der Waals surface area (Å²) in [5.41, 5.74) is 10.1. The van der Waals surface area contributed by atoms with Crippen LogP contribution in [0.2, 0.25) is 0 Å². The third kappa shape index (κ3) is 2.24. The first kappa shape index (κ1) is 12.2. The minimum atomic E-state index is 0.139. The van der Waals surface area contributed by atoms with Gasteiger partial charge in [-0.2, -0.15) is 0 Å². The molecule has 1 amide bonds. The topological polar surface area (TPSA) is 46.3 Å². The Kier molecular flexibility index (Phi) is 3.03. The van der Waals surface area contributed by atoms with Gasteiger partial charge in [0.2, 0.25) is 0 Å². The molecule has 0 spiro atoms. The van der Waals surface area contributed by atoms with E-state index < -0.39 is 0 Å². The van der Waals surface area contributed by atoms with Crippen LogP contribution in [0.3, 0.4) is 0 Å². The number of carbonyl (C=O) groups is 1. The molecule has 1 aliphatic rings. The fraction of sp³-hybridized carbons (Fsp3) is 0.267. The Hall–Kier alpha value is -1.81. The van der Waals surface area contributed by atoms with E-state index in [1.54, 1.807) is 0 Å². The summed E-state index contributed by atoms with van der Waals surface area (Å²) in [4.78, 5) is 15.3. The first-order chi connectivity index (χ1) is 9.15. The van der Waals surface area contributed by atoms with Crippen molar-refractivity contribution in [3.8, 4) is 0 Å². The van der Waals surface area contributed by atoms with Crippen LogP contribution in [0.4, 0.5) is 5.69 Å². The number of hydrogen-bond acceptors (Lipinski definition) is 3. The minimum Gasteiger partial charge on any atom is -0.399 e. The molecule has 1 aromatic carbocycles. The molecule has 98 valence electrons. The Morgan fingerprint density at radius 3 is 2.89 bits per heavy atom. The maximum absolute atomic E-state index is 12.5. The predicted octanol–water partition coefficient (Wildman–Crippen LogP) is 2.84. The first-order valence-corrected chi connectivity index (χ1v) is 7.24. The van der Waals surface area contributed by atoms with Crippen molar-refractivity contribution in [3.05, 3.63) is 51.2 Å². The van der Waals surface area contributed by atoms with Crippen molar-refractivity contribution in [2.45, 2.75) is 19.9 Å². The van der Waals surface area contributed by atoms with Crippen molar-refractivity contribution in [2.24, 2.45) is 0 Å². The van der Waals surface area contributed by atoms with E-state index in [2.05, 4.69) is 6.07 Å². The van der Waals surface area contributed by atoms with Crippen LogP contribution in [-0.4, -0.2) is 17.4 Å². The molecule has 0 saturated heterocycles. The van der Waals surface area contributed by atoms with Gasteiger partial charge in [-0.15, -0.1) is 11.3 Å². The zero-order valence-corrected chi connectivity index (χ0v) is 11.7. The predicted molar refractivity (Wildman–Crippen MR) is 78.4 cm³/mol. The fourth-order valence-electron chi connectivity index (χ4n) is 2.49. The second-order valence-electron chi connectivity index (χ2n) is 4.94. The van der Waals surface area contributed by atoms with Gasteiger partial charge in [-0.05, 0) is 53.6 Å². The van der Waals surface area contributed by atoms with Crippen LogP contribution >= 0.6 is 11.3 Å². The van der Waals surface area contributed by atoms with Crippen molar-refractivity contribution >= 4 is 22.9 Å². The molecule has 0 bridgehead atoms. The molecule has 0 atom stereocenters. The van der Waals surface area contributed by atoms with Crippen molar-refractivity contribution in [3.63, 3.8) is 0 Å². The number of amides is 1. The molecule has 3 rings (SSSR count). The summed E-state index contributed by atoms with van der Waals surface area (Å²) in [7, 11) is 0. The molecule has 3 nitrogen and oxygen atoms in total.